The van der Waals surface area contributed by atoms with Gasteiger partial charge in [0.2, 0.25) is 11.8 Å². The number of aromatic nitrogens is 2. The normalized spacial score (nSPS) is 29.8. The number of nitrogens with zero attached hydrogens (tertiary/aromatic N) is 1. The van der Waals surface area contributed by atoms with Gasteiger partial charge >= 0.3 is 18.4 Å². The summed E-state index contributed by atoms with van der Waals surface area (Å²) in [6.07, 6.45) is -3.78. The van der Waals surface area contributed by atoms with Crippen LogP contribution in [-0.4, -0.2) is 79.9 Å². The van der Waals surface area contributed by atoms with E-state index in [-0.39, 0.29) is 12.2 Å². The average molecular weight is 579 g/mol. The van der Waals surface area contributed by atoms with Crippen LogP contribution < -0.4 is 21.7 Å². The Hall–Kier alpha value is -2.33. The summed E-state index contributed by atoms with van der Waals surface area (Å²) in [4.78, 5) is 61.4. The Morgan fingerprint density at radius 2 is 2.03 bits per heavy atom. The van der Waals surface area contributed by atoms with Crippen LogP contribution in [0.2, 0.25) is 0 Å². The molecule has 38 heavy (non-hydrogen) atoms. The van der Waals surface area contributed by atoms with E-state index in [4.69, 9.17) is 14.0 Å². The number of aromatic amines is 1. The molecule has 0 aliphatic carbocycles. The van der Waals surface area contributed by atoms with Gasteiger partial charge in [-0.2, -0.15) is 0 Å². The molecular weight excluding hydrogens is 547 g/mol. The van der Waals surface area contributed by atoms with E-state index >= 15 is 0 Å². The zero-order valence-electron chi connectivity index (χ0n) is 21.1. The van der Waals surface area contributed by atoms with Crippen molar-refractivity contribution in [1.82, 2.24) is 20.0 Å². The number of imide groups is 1. The van der Waals surface area contributed by atoms with Crippen LogP contribution in [0, 0.1) is 5.92 Å². The van der Waals surface area contributed by atoms with Gasteiger partial charge in [-0.25, -0.2) is 9.88 Å². The van der Waals surface area contributed by atoms with E-state index in [1.54, 1.807) is 13.8 Å². The van der Waals surface area contributed by atoms with Crippen molar-refractivity contribution in [3.05, 3.63) is 33.1 Å². The number of hydrogen-bond acceptors (Lipinski definition) is 12. The SMILES string of the molecule is CC(C)OC(=O)[C@H](C)NP(=O)(OC[C@H]1OC(n2ccc(=O)[nH]c2=O)[C@](C)(O)[C@@H]1O)SCC1CC(=O)NC1=O. The second-order valence-corrected chi connectivity index (χ2v) is 13.8. The van der Waals surface area contributed by atoms with Crippen molar-refractivity contribution in [2.24, 2.45) is 5.92 Å². The number of amides is 2. The summed E-state index contributed by atoms with van der Waals surface area (Å²) >= 11 is 0.684. The van der Waals surface area contributed by atoms with Crippen LogP contribution in [0.4, 0.5) is 0 Å². The largest absolute Gasteiger partial charge is 0.462 e. The molecule has 0 bridgehead atoms. The van der Waals surface area contributed by atoms with E-state index in [2.05, 4.69) is 10.4 Å². The number of ether oxygens (including phenoxy) is 2. The van der Waals surface area contributed by atoms with Gasteiger partial charge in [0.25, 0.3) is 5.56 Å². The van der Waals surface area contributed by atoms with Gasteiger partial charge in [-0.1, -0.05) is 11.4 Å². The highest BCUT2D eigenvalue weighted by Crippen LogP contribution is 2.57. The molecule has 3 unspecified atom stereocenters. The lowest BCUT2D eigenvalue weighted by Crippen LogP contribution is -2.47. The molecule has 212 valence electrons. The minimum Gasteiger partial charge on any atom is -0.462 e. The van der Waals surface area contributed by atoms with E-state index in [1.165, 1.54) is 13.8 Å². The molecule has 2 aliphatic heterocycles. The Morgan fingerprint density at radius 3 is 2.61 bits per heavy atom. The molecular formula is C21H31N4O11PS. The van der Waals surface area contributed by atoms with Crippen molar-refractivity contribution in [1.29, 1.82) is 0 Å². The molecule has 2 amide bonds. The Labute approximate surface area is 220 Å². The fraction of sp³-hybridized carbons (Fsp3) is 0.667. The zero-order chi connectivity index (χ0) is 28.4. The summed E-state index contributed by atoms with van der Waals surface area (Å²) in [5.74, 6) is -2.56. The Bertz CT molecular complexity index is 1230. The standard InChI is InChI=1S/C21H31N4O11PS/c1-10(2)35-18(30)11(3)24-37(33,38-9-12-7-15(27)22-17(12)29)34-8-13-16(28)21(4,32)19(36-13)25-6-5-14(26)23-20(25)31/h5-6,10-13,16,19,28,32H,7-9H2,1-4H3,(H,24,33)(H,22,27,29)(H,23,26,31)/t11-,12?,13+,16+,19?,21+,37?/m0/s1. The molecule has 3 rings (SSSR count). The van der Waals surface area contributed by atoms with Crippen molar-refractivity contribution in [3.8, 4) is 0 Å². The molecule has 7 atom stereocenters. The molecule has 2 fully saturated rings. The van der Waals surface area contributed by atoms with E-state index in [9.17, 15) is 38.8 Å². The molecule has 5 N–H and O–H groups in total. The number of nitrogens with one attached hydrogen (secondary N) is 3. The van der Waals surface area contributed by atoms with Gasteiger partial charge in [-0.05, 0) is 27.7 Å². The number of aliphatic hydroxyl groups is 2. The number of esters is 1. The van der Waals surface area contributed by atoms with Crippen LogP contribution in [0.1, 0.15) is 40.3 Å². The third-order valence-electron chi connectivity index (χ3n) is 5.84. The Morgan fingerprint density at radius 1 is 1.34 bits per heavy atom. The molecule has 1 aromatic heterocycles. The molecule has 3 heterocycles. The molecule has 0 spiro atoms. The molecule has 0 saturated carbocycles. The summed E-state index contributed by atoms with van der Waals surface area (Å²) in [6.45, 7) is 1.31. The fourth-order valence-electron chi connectivity index (χ4n) is 3.83. The summed E-state index contributed by atoms with van der Waals surface area (Å²) in [5, 5.41) is 26.3. The van der Waals surface area contributed by atoms with Crippen LogP contribution >= 0.6 is 18.1 Å². The predicted molar refractivity (Wildman–Crippen MR) is 133 cm³/mol. The first-order valence-corrected chi connectivity index (χ1v) is 14.9. The fourth-order valence-corrected chi connectivity index (χ4v) is 7.85. The van der Waals surface area contributed by atoms with E-state index < -0.39 is 84.5 Å². The van der Waals surface area contributed by atoms with Gasteiger partial charge in [0.1, 0.15) is 23.9 Å². The monoisotopic (exact) mass is 578 g/mol. The van der Waals surface area contributed by atoms with Crippen molar-refractivity contribution >= 4 is 35.9 Å². The summed E-state index contributed by atoms with van der Waals surface area (Å²) in [7, 11) is 0. The van der Waals surface area contributed by atoms with Gasteiger partial charge in [0.15, 0.2) is 6.23 Å². The van der Waals surface area contributed by atoms with Gasteiger partial charge in [-0.15, -0.1) is 0 Å². The van der Waals surface area contributed by atoms with Crippen LogP contribution in [0.25, 0.3) is 0 Å². The lowest BCUT2D eigenvalue weighted by molar-refractivity contribution is -0.149. The Balaban J connectivity index is 1.76. The first kappa shape index (κ1) is 30.2. The van der Waals surface area contributed by atoms with Crippen molar-refractivity contribution in [3.63, 3.8) is 0 Å². The Kier molecular flexibility index (Phi) is 9.40. The van der Waals surface area contributed by atoms with Crippen molar-refractivity contribution in [2.45, 2.75) is 70.3 Å². The van der Waals surface area contributed by atoms with E-state index in [0.29, 0.717) is 11.4 Å². The maximum atomic E-state index is 13.7. The lowest BCUT2D eigenvalue weighted by atomic mass is 9.96. The smallest absolute Gasteiger partial charge is 0.330 e. The molecule has 2 aliphatic rings. The molecule has 2 saturated heterocycles. The van der Waals surface area contributed by atoms with Gasteiger partial charge in [0.05, 0.1) is 18.6 Å². The van der Waals surface area contributed by atoms with Crippen LogP contribution in [-0.2, 0) is 32.9 Å². The molecule has 17 heteroatoms. The molecule has 15 nitrogen and oxygen atoms in total. The number of rotatable bonds is 11. The molecule has 1 aromatic rings. The quantitative estimate of drug-likeness (QED) is 0.121. The van der Waals surface area contributed by atoms with Crippen LogP contribution in [0.3, 0.4) is 0 Å². The molecule has 0 radical (unpaired) electrons. The highest BCUT2D eigenvalue weighted by molar-refractivity contribution is 8.56. The van der Waals surface area contributed by atoms with E-state index in [1.807, 2.05) is 4.98 Å². The molecule has 0 aromatic carbocycles. The second kappa shape index (κ2) is 11.8. The first-order chi connectivity index (χ1) is 17.6. The first-order valence-electron chi connectivity index (χ1n) is 11.7. The summed E-state index contributed by atoms with van der Waals surface area (Å²) in [5.41, 5.74) is -3.57. The second-order valence-electron chi connectivity index (χ2n) is 9.45. The number of hydrogen-bond donors (Lipinski definition) is 5. The van der Waals surface area contributed by atoms with Gasteiger partial charge < -0.3 is 24.2 Å². The van der Waals surface area contributed by atoms with Crippen LogP contribution in [0.15, 0.2) is 21.9 Å². The number of aliphatic hydroxyl groups excluding tert-OH is 1. The third kappa shape index (κ3) is 7.00. The zero-order valence-corrected chi connectivity index (χ0v) is 22.8. The lowest BCUT2D eigenvalue weighted by Gasteiger charge is -2.27. The topological polar surface area (TPSA) is 215 Å². The minimum atomic E-state index is -4.01. The van der Waals surface area contributed by atoms with E-state index in [0.717, 1.165) is 16.8 Å². The highest BCUT2D eigenvalue weighted by atomic mass is 32.7. The van der Waals surface area contributed by atoms with Crippen molar-refractivity contribution < 1.29 is 43.2 Å². The number of H-pyrrole nitrogens is 1. The summed E-state index contributed by atoms with van der Waals surface area (Å²) in [6, 6.07) is -0.0624. The summed E-state index contributed by atoms with van der Waals surface area (Å²) < 4.78 is 31.0. The van der Waals surface area contributed by atoms with Crippen molar-refractivity contribution in [2.75, 3.05) is 12.4 Å². The number of carbonyl (C=O) groups excluding carboxylic acids is 3. The predicted octanol–water partition coefficient (Wildman–Crippen LogP) is -1.00. The van der Waals surface area contributed by atoms with Gasteiger partial charge in [0, 0.05) is 24.4 Å². The number of carbonyl (C=O) groups is 3. The van der Waals surface area contributed by atoms with Gasteiger partial charge in [-0.3, -0.25) is 38.6 Å². The average Bonchev–Trinajstić information content (AvgIpc) is 3.25. The maximum absolute atomic E-state index is 13.7. The van der Waals surface area contributed by atoms with Crippen LogP contribution in [0.5, 0.6) is 0 Å². The highest BCUT2D eigenvalue weighted by Gasteiger charge is 2.54. The minimum absolute atomic E-state index is 0.0883. The third-order valence-corrected chi connectivity index (χ3v) is 10.0. The maximum Gasteiger partial charge on any atom is 0.330 e.